The zero-order valence-electron chi connectivity index (χ0n) is 11.8. The lowest BCUT2D eigenvalue weighted by Crippen LogP contribution is -2.45. The van der Waals surface area contributed by atoms with E-state index in [1.807, 2.05) is 0 Å². The molecule has 114 valence electrons. The Morgan fingerprint density at radius 2 is 2.15 bits per heavy atom. The molecule has 6 heteroatoms. The molecular formula is C14H24IN3OS. The maximum Gasteiger partial charge on any atom is 0.191 e. The lowest BCUT2D eigenvalue weighted by atomic mass is 9.93. The van der Waals surface area contributed by atoms with E-state index >= 15 is 0 Å². The van der Waals surface area contributed by atoms with Gasteiger partial charge in [-0.2, -0.15) is 0 Å². The number of aliphatic imine (C=N–C) groups is 1. The fourth-order valence-electron chi connectivity index (χ4n) is 2.29. The van der Waals surface area contributed by atoms with E-state index in [9.17, 15) is 5.11 Å². The average molecular weight is 409 g/mol. The van der Waals surface area contributed by atoms with E-state index in [0.29, 0.717) is 6.04 Å². The maximum absolute atomic E-state index is 9.52. The van der Waals surface area contributed by atoms with Crippen LogP contribution in [0.4, 0.5) is 0 Å². The summed E-state index contributed by atoms with van der Waals surface area (Å²) in [5, 5.41) is 18.4. The van der Waals surface area contributed by atoms with Gasteiger partial charge in [-0.1, -0.05) is 6.07 Å². The Morgan fingerprint density at radius 3 is 2.75 bits per heavy atom. The minimum Gasteiger partial charge on any atom is -0.393 e. The molecule has 0 amide bonds. The third-order valence-corrected chi connectivity index (χ3v) is 4.22. The first-order valence-corrected chi connectivity index (χ1v) is 7.91. The van der Waals surface area contributed by atoms with E-state index in [1.54, 1.807) is 11.3 Å². The van der Waals surface area contributed by atoms with Gasteiger partial charge in [-0.3, -0.25) is 0 Å². The van der Waals surface area contributed by atoms with Gasteiger partial charge in [0.05, 0.1) is 12.6 Å². The summed E-state index contributed by atoms with van der Waals surface area (Å²) in [6.45, 7) is 3.67. The van der Waals surface area contributed by atoms with Crippen molar-refractivity contribution in [2.45, 2.75) is 51.3 Å². The number of halogens is 1. The van der Waals surface area contributed by atoms with Crippen LogP contribution in [0, 0.1) is 0 Å². The molecule has 0 spiro atoms. The van der Waals surface area contributed by atoms with Crippen LogP contribution in [-0.4, -0.2) is 29.8 Å². The van der Waals surface area contributed by atoms with E-state index < -0.39 is 0 Å². The summed E-state index contributed by atoms with van der Waals surface area (Å²) in [6.07, 6.45) is 3.71. The number of rotatable bonds is 4. The zero-order chi connectivity index (χ0) is 13.5. The van der Waals surface area contributed by atoms with Gasteiger partial charge < -0.3 is 15.7 Å². The lowest BCUT2D eigenvalue weighted by Gasteiger charge is -2.27. The Morgan fingerprint density at radius 1 is 1.40 bits per heavy atom. The molecular weight excluding hydrogens is 385 g/mol. The molecule has 4 nitrogen and oxygen atoms in total. The van der Waals surface area contributed by atoms with Gasteiger partial charge in [0.2, 0.25) is 0 Å². The highest BCUT2D eigenvalue weighted by Gasteiger charge is 2.19. The second-order valence-corrected chi connectivity index (χ2v) is 5.96. The molecule has 0 radical (unpaired) electrons. The molecule has 0 aromatic carbocycles. The number of aliphatic hydroxyl groups excluding tert-OH is 1. The standard InChI is InChI=1S/C14H23N3OS.HI/c1-2-15-14(16-10-13-4-3-9-19-13)17-11-5-7-12(18)8-6-11;/h3-4,9,11-12,18H,2,5-8,10H2,1H3,(H2,15,16,17);1H. The third kappa shape index (κ3) is 5.97. The van der Waals surface area contributed by atoms with Crippen LogP contribution in [0.25, 0.3) is 0 Å². The molecule has 0 saturated heterocycles. The smallest absolute Gasteiger partial charge is 0.191 e. The number of nitrogens with one attached hydrogen (secondary N) is 2. The van der Waals surface area contributed by atoms with Crippen molar-refractivity contribution in [2.75, 3.05) is 6.54 Å². The van der Waals surface area contributed by atoms with E-state index in [1.165, 1.54) is 4.88 Å². The van der Waals surface area contributed by atoms with Gasteiger partial charge in [-0.25, -0.2) is 4.99 Å². The van der Waals surface area contributed by atoms with Gasteiger partial charge >= 0.3 is 0 Å². The van der Waals surface area contributed by atoms with Crippen LogP contribution in [0.1, 0.15) is 37.5 Å². The van der Waals surface area contributed by atoms with Crippen LogP contribution in [0.3, 0.4) is 0 Å². The van der Waals surface area contributed by atoms with Gasteiger partial charge in [0.1, 0.15) is 0 Å². The number of hydrogen-bond donors (Lipinski definition) is 3. The number of guanidine groups is 1. The van der Waals surface area contributed by atoms with Gasteiger partial charge in [0, 0.05) is 17.5 Å². The topological polar surface area (TPSA) is 56.7 Å². The second kappa shape index (κ2) is 9.57. The highest BCUT2D eigenvalue weighted by molar-refractivity contribution is 14.0. The fraction of sp³-hybridized carbons (Fsp3) is 0.643. The second-order valence-electron chi connectivity index (χ2n) is 4.92. The molecule has 1 aromatic heterocycles. The molecule has 0 unspecified atom stereocenters. The first-order chi connectivity index (χ1) is 9.28. The van der Waals surface area contributed by atoms with Crippen LogP contribution in [-0.2, 0) is 6.54 Å². The number of hydrogen-bond acceptors (Lipinski definition) is 3. The molecule has 1 heterocycles. The van der Waals surface area contributed by atoms with Crippen LogP contribution in [0.15, 0.2) is 22.5 Å². The van der Waals surface area contributed by atoms with Crippen molar-refractivity contribution in [3.63, 3.8) is 0 Å². The van der Waals surface area contributed by atoms with Gasteiger partial charge in [-0.15, -0.1) is 35.3 Å². The molecule has 1 aromatic rings. The largest absolute Gasteiger partial charge is 0.393 e. The van der Waals surface area contributed by atoms with Crippen molar-refractivity contribution in [3.8, 4) is 0 Å². The predicted octanol–water partition coefficient (Wildman–Crippen LogP) is 2.72. The maximum atomic E-state index is 9.52. The van der Waals surface area contributed by atoms with Crippen LogP contribution in [0.5, 0.6) is 0 Å². The molecule has 0 bridgehead atoms. The van der Waals surface area contributed by atoms with Crippen LogP contribution in [0.2, 0.25) is 0 Å². The summed E-state index contributed by atoms with van der Waals surface area (Å²) in [5.41, 5.74) is 0. The van der Waals surface area contributed by atoms with Crippen molar-refractivity contribution < 1.29 is 5.11 Å². The molecule has 1 aliphatic carbocycles. The van der Waals surface area contributed by atoms with E-state index in [2.05, 4.69) is 40.1 Å². The Bertz CT molecular complexity index is 389. The predicted molar refractivity (Wildman–Crippen MR) is 95.9 cm³/mol. The SMILES string of the molecule is CCNC(=NCc1cccs1)NC1CCC(O)CC1.I. The zero-order valence-corrected chi connectivity index (χ0v) is 15.0. The summed E-state index contributed by atoms with van der Waals surface area (Å²) >= 11 is 1.73. The summed E-state index contributed by atoms with van der Waals surface area (Å²) in [4.78, 5) is 5.89. The first-order valence-electron chi connectivity index (χ1n) is 7.03. The van der Waals surface area contributed by atoms with E-state index in [0.717, 1.165) is 44.7 Å². The Labute approximate surface area is 142 Å². The van der Waals surface area contributed by atoms with Gasteiger partial charge in [0.15, 0.2) is 5.96 Å². The number of thiophene rings is 1. The highest BCUT2D eigenvalue weighted by Crippen LogP contribution is 2.18. The molecule has 0 aliphatic heterocycles. The van der Waals surface area contributed by atoms with E-state index in [4.69, 9.17) is 0 Å². The van der Waals surface area contributed by atoms with Crippen LogP contribution >= 0.6 is 35.3 Å². The summed E-state index contributed by atoms with van der Waals surface area (Å²) < 4.78 is 0. The summed E-state index contributed by atoms with van der Waals surface area (Å²) in [5.74, 6) is 0.886. The quantitative estimate of drug-likeness (QED) is 0.407. The monoisotopic (exact) mass is 409 g/mol. The highest BCUT2D eigenvalue weighted by atomic mass is 127. The minimum atomic E-state index is -0.108. The molecule has 1 fully saturated rings. The number of aliphatic hydroxyl groups is 1. The van der Waals surface area contributed by atoms with Crippen molar-refractivity contribution in [2.24, 2.45) is 4.99 Å². The molecule has 3 N–H and O–H groups in total. The molecule has 2 rings (SSSR count). The van der Waals surface area contributed by atoms with Crippen LogP contribution < -0.4 is 10.6 Å². The minimum absolute atomic E-state index is 0. The van der Waals surface area contributed by atoms with Gasteiger partial charge in [0.25, 0.3) is 0 Å². The third-order valence-electron chi connectivity index (χ3n) is 3.35. The van der Waals surface area contributed by atoms with Crippen molar-refractivity contribution in [1.82, 2.24) is 10.6 Å². The summed E-state index contributed by atoms with van der Waals surface area (Å²) in [6, 6.07) is 4.59. The normalized spacial score (nSPS) is 23.0. The first kappa shape index (κ1) is 17.7. The molecule has 0 atom stereocenters. The molecule has 20 heavy (non-hydrogen) atoms. The van der Waals surface area contributed by atoms with Gasteiger partial charge in [-0.05, 0) is 44.1 Å². The molecule has 1 aliphatic rings. The van der Waals surface area contributed by atoms with E-state index in [-0.39, 0.29) is 30.1 Å². The Kier molecular flexibility index (Phi) is 8.47. The molecule has 1 saturated carbocycles. The number of nitrogens with zero attached hydrogens (tertiary/aromatic N) is 1. The lowest BCUT2D eigenvalue weighted by molar-refractivity contribution is 0.120. The Balaban J connectivity index is 0.00000200. The van der Waals surface area contributed by atoms with Crippen molar-refractivity contribution >= 4 is 41.3 Å². The summed E-state index contributed by atoms with van der Waals surface area (Å²) in [7, 11) is 0. The fourth-order valence-corrected chi connectivity index (χ4v) is 2.92. The van der Waals surface area contributed by atoms with Crippen molar-refractivity contribution in [3.05, 3.63) is 22.4 Å². The Hall–Kier alpha value is -0.340. The average Bonchev–Trinajstić information content (AvgIpc) is 2.92. The van der Waals surface area contributed by atoms with Crippen molar-refractivity contribution in [1.29, 1.82) is 0 Å².